The highest BCUT2D eigenvalue weighted by Gasteiger charge is 2.33. The summed E-state index contributed by atoms with van der Waals surface area (Å²) in [4.78, 5) is 16.9. The number of rotatable bonds is 4. The second kappa shape index (κ2) is 6.84. The first-order valence-electron chi connectivity index (χ1n) is 8.93. The molecule has 0 spiro atoms. The number of aryl methyl sites for hydroxylation is 1. The summed E-state index contributed by atoms with van der Waals surface area (Å²) in [6, 6.07) is 15.0. The lowest BCUT2D eigenvalue weighted by molar-refractivity contribution is -0.115. The predicted octanol–water partition coefficient (Wildman–Crippen LogP) is 3.04. The van der Waals surface area contributed by atoms with Gasteiger partial charge in [-0.15, -0.1) is 5.10 Å². The third kappa shape index (κ3) is 3.00. The van der Waals surface area contributed by atoms with Crippen LogP contribution in [-0.4, -0.2) is 27.8 Å². The topological polar surface area (TPSA) is 95.1 Å². The number of allylic oxidation sites excluding steroid dienone is 1. The van der Waals surface area contributed by atoms with Crippen LogP contribution in [0.2, 0.25) is 0 Å². The highest BCUT2D eigenvalue weighted by Crippen LogP contribution is 2.36. The number of amides is 1. The summed E-state index contributed by atoms with van der Waals surface area (Å²) < 4.78 is 6.96. The van der Waals surface area contributed by atoms with Crippen molar-refractivity contribution in [3.8, 4) is 17.1 Å². The van der Waals surface area contributed by atoms with Crippen molar-refractivity contribution >= 4 is 11.9 Å². The van der Waals surface area contributed by atoms with Gasteiger partial charge in [-0.25, -0.2) is 4.68 Å². The van der Waals surface area contributed by atoms with Crippen molar-refractivity contribution in [3.63, 3.8) is 0 Å². The second-order valence-electron chi connectivity index (χ2n) is 6.78. The number of fused-ring (bicyclic) bond motifs is 1. The lowest BCUT2D eigenvalue weighted by atomic mass is 9.95. The normalized spacial score (nSPS) is 15.8. The fourth-order valence-corrected chi connectivity index (χ4v) is 3.47. The van der Waals surface area contributed by atoms with Gasteiger partial charge in [0.15, 0.2) is 5.82 Å². The molecule has 0 saturated carbocycles. The van der Waals surface area contributed by atoms with Gasteiger partial charge >= 0.3 is 0 Å². The van der Waals surface area contributed by atoms with Gasteiger partial charge in [0.05, 0.1) is 12.7 Å². The summed E-state index contributed by atoms with van der Waals surface area (Å²) in [6.07, 6.45) is 0. The maximum absolute atomic E-state index is 12.2. The van der Waals surface area contributed by atoms with Gasteiger partial charge in [0.2, 0.25) is 11.9 Å². The van der Waals surface area contributed by atoms with Crippen molar-refractivity contribution in [2.45, 2.75) is 19.9 Å². The van der Waals surface area contributed by atoms with Gasteiger partial charge in [-0.1, -0.05) is 35.9 Å². The molecule has 0 saturated heterocycles. The molecule has 7 nitrogen and oxygen atoms in total. The zero-order valence-electron chi connectivity index (χ0n) is 15.9. The van der Waals surface area contributed by atoms with Gasteiger partial charge in [0, 0.05) is 11.3 Å². The standard InChI is InChI=1S/C21H21N5O2/c1-12-5-4-6-15(11-12)20-24-21-23-13(2)17(19(22)27)18(26(21)25-20)14-7-9-16(28-3)10-8-14/h4-11,18H,1-3H3,(H2,22,27)(H,23,24,25)/t18-/m1/s1. The fraction of sp³-hybridized carbons (Fsp3) is 0.190. The lowest BCUT2D eigenvalue weighted by Gasteiger charge is -2.27. The van der Waals surface area contributed by atoms with E-state index in [0.717, 1.165) is 22.4 Å². The third-order valence-electron chi connectivity index (χ3n) is 4.83. The molecule has 2 heterocycles. The maximum atomic E-state index is 12.2. The minimum atomic E-state index is -0.496. The monoisotopic (exact) mass is 375 g/mol. The number of aromatic nitrogens is 3. The number of nitrogens with two attached hydrogens (primary N) is 1. The van der Waals surface area contributed by atoms with E-state index in [9.17, 15) is 4.79 Å². The van der Waals surface area contributed by atoms with E-state index >= 15 is 0 Å². The molecule has 2 aromatic carbocycles. The van der Waals surface area contributed by atoms with E-state index in [-0.39, 0.29) is 0 Å². The highest BCUT2D eigenvalue weighted by atomic mass is 16.5. The Hall–Kier alpha value is -3.61. The number of nitrogens with one attached hydrogen (secondary N) is 1. The van der Waals surface area contributed by atoms with E-state index in [4.69, 9.17) is 15.6 Å². The van der Waals surface area contributed by atoms with Crippen LogP contribution in [0.3, 0.4) is 0 Å². The highest BCUT2D eigenvalue weighted by molar-refractivity contribution is 5.95. The molecule has 1 aromatic heterocycles. The number of hydrogen-bond acceptors (Lipinski definition) is 5. The number of anilines is 1. The average molecular weight is 375 g/mol. The summed E-state index contributed by atoms with van der Waals surface area (Å²) in [7, 11) is 1.61. The van der Waals surface area contributed by atoms with E-state index in [1.165, 1.54) is 0 Å². The smallest absolute Gasteiger partial charge is 0.248 e. The number of carbonyl (C=O) groups excluding carboxylic acids is 1. The second-order valence-corrected chi connectivity index (χ2v) is 6.78. The van der Waals surface area contributed by atoms with E-state index < -0.39 is 11.9 Å². The number of nitrogens with zero attached hydrogens (tertiary/aromatic N) is 3. The largest absolute Gasteiger partial charge is 0.497 e. The van der Waals surface area contributed by atoms with Gasteiger partial charge in [0.25, 0.3) is 0 Å². The van der Waals surface area contributed by atoms with E-state index in [1.807, 2.05) is 62.4 Å². The summed E-state index contributed by atoms with van der Waals surface area (Å²) >= 11 is 0. The summed E-state index contributed by atoms with van der Waals surface area (Å²) in [5.74, 6) is 1.39. The zero-order chi connectivity index (χ0) is 19.8. The Morgan fingerprint density at radius 2 is 1.93 bits per heavy atom. The maximum Gasteiger partial charge on any atom is 0.248 e. The molecular weight excluding hydrogens is 354 g/mol. The predicted molar refractivity (Wildman–Crippen MR) is 107 cm³/mol. The molecule has 0 unspecified atom stereocenters. The van der Waals surface area contributed by atoms with Crippen molar-refractivity contribution in [1.82, 2.24) is 14.8 Å². The van der Waals surface area contributed by atoms with Gasteiger partial charge in [-0.2, -0.15) is 4.98 Å². The molecule has 28 heavy (non-hydrogen) atoms. The van der Waals surface area contributed by atoms with Crippen molar-refractivity contribution in [2.75, 3.05) is 12.4 Å². The van der Waals surface area contributed by atoms with Crippen LogP contribution in [0, 0.1) is 6.92 Å². The quantitative estimate of drug-likeness (QED) is 0.731. The Morgan fingerprint density at radius 3 is 2.57 bits per heavy atom. The molecule has 3 N–H and O–H groups in total. The van der Waals surface area contributed by atoms with Crippen LogP contribution in [-0.2, 0) is 4.79 Å². The molecule has 0 radical (unpaired) electrons. The molecule has 1 amide bonds. The first-order valence-corrected chi connectivity index (χ1v) is 8.93. The van der Waals surface area contributed by atoms with Crippen LogP contribution in [0.5, 0.6) is 5.75 Å². The summed E-state index contributed by atoms with van der Waals surface area (Å²) in [5.41, 5.74) is 9.75. The van der Waals surface area contributed by atoms with Crippen molar-refractivity contribution < 1.29 is 9.53 Å². The molecule has 3 aromatic rings. The van der Waals surface area contributed by atoms with Crippen LogP contribution in [0.4, 0.5) is 5.95 Å². The van der Waals surface area contributed by atoms with Crippen LogP contribution < -0.4 is 15.8 Å². The molecule has 0 fully saturated rings. The molecule has 7 heteroatoms. The van der Waals surface area contributed by atoms with Gasteiger partial charge in [-0.3, -0.25) is 4.79 Å². The van der Waals surface area contributed by atoms with Crippen molar-refractivity contribution in [3.05, 3.63) is 70.9 Å². The number of primary amides is 1. The van der Waals surface area contributed by atoms with Crippen LogP contribution >= 0.6 is 0 Å². The molecule has 142 valence electrons. The molecular formula is C21H21N5O2. The number of benzene rings is 2. The number of methoxy groups -OCH3 is 1. The Balaban J connectivity index is 1.86. The minimum absolute atomic E-state index is 0.457. The van der Waals surface area contributed by atoms with E-state index in [2.05, 4.69) is 10.3 Å². The molecule has 4 rings (SSSR count). The third-order valence-corrected chi connectivity index (χ3v) is 4.83. The van der Waals surface area contributed by atoms with Crippen molar-refractivity contribution in [2.24, 2.45) is 5.73 Å². The SMILES string of the molecule is COc1ccc([C@@H]2C(C(N)=O)=C(C)Nc3nc(-c4cccc(C)c4)nn32)cc1. The Morgan fingerprint density at radius 1 is 1.18 bits per heavy atom. The lowest BCUT2D eigenvalue weighted by Crippen LogP contribution is -2.31. The van der Waals surface area contributed by atoms with Gasteiger partial charge < -0.3 is 15.8 Å². The van der Waals surface area contributed by atoms with Crippen LogP contribution in [0.15, 0.2) is 59.8 Å². The van der Waals surface area contributed by atoms with Gasteiger partial charge in [-0.05, 0) is 37.6 Å². The first-order chi connectivity index (χ1) is 13.5. The van der Waals surface area contributed by atoms with Crippen molar-refractivity contribution in [1.29, 1.82) is 0 Å². The Bertz CT molecular complexity index is 1080. The number of ether oxygens (including phenoxy) is 1. The fourth-order valence-electron chi connectivity index (χ4n) is 3.47. The first kappa shape index (κ1) is 17.8. The zero-order valence-corrected chi connectivity index (χ0v) is 15.9. The Kier molecular flexibility index (Phi) is 4.35. The molecule has 0 bridgehead atoms. The minimum Gasteiger partial charge on any atom is -0.497 e. The number of hydrogen-bond donors (Lipinski definition) is 2. The summed E-state index contributed by atoms with van der Waals surface area (Å²) in [6.45, 7) is 3.84. The molecule has 0 aliphatic carbocycles. The molecule has 1 aliphatic rings. The molecule has 1 atom stereocenters. The Labute approximate surface area is 162 Å². The van der Waals surface area contributed by atoms with E-state index in [0.29, 0.717) is 23.0 Å². The van der Waals surface area contributed by atoms with Crippen LogP contribution in [0.25, 0.3) is 11.4 Å². The summed E-state index contributed by atoms with van der Waals surface area (Å²) in [5, 5.41) is 7.86. The van der Waals surface area contributed by atoms with Crippen LogP contribution in [0.1, 0.15) is 24.1 Å². The number of carbonyl (C=O) groups is 1. The van der Waals surface area contributed by atoms with Gasteiger partial charge in [0.1, 0.15) is 11.8 Å². The average Bonchev–Trinajstić information content (AvgIpc) is 3.10. The molecule has 1 aliphatic heterocycles. The van der Waals surface area contributed by atoms with E-state index in [1.54, 1.807) is 11.8 Å².